The van der Waals surface area contributed by atoms with E-state index >= 15 is 0 Å². The highest BCUT2D eigenvalue weighted by molar-refractivity contribution is 9.10. The first kappa shape index (κ1) is 24.3. The van der Waals surface area contributed by atoms with Gasteiger partial charge in [0.2, 0.25) is 0 Å². The number of rotatable bonds is 7. The minimum atomic E-state index is -0.177. The number of hydrogen-bond acceptors (Lipinski definition) is 6. The fraction of sp³-hybridized carbons (Fsp3) is 0.552. The zero-order valence-electron chi connectivity index (χ0n) is 21.1. The summed E-state index contributed by atoms with van der Waals surface area (Å²) in [5.74, 6) is 2.77. The van der Waals surface area contributed by atoms with Crippen LogP contribution in [0.2, 0.25) is 0 Å². The molecule has 2 aliphatic heterocycles. The van der Waals surface area contributed by atoms with Crippen LogP contribution in [0.5, 0.6) is 11.5 Å². The number of aliphatic hydroxyl groups excluding tert-OH is 1. The molecular weight excluding hydrogens is 520 g/mol. The first-order chi connectivity index (χ1) is 17.5. The van der Waals surface area contributed by atoms with Crippen LogP contribution in [0.1, 0.15) is 55.7 Å². The van der Waals surface area contributed by atoms with E-state index in [2.05, 4.69) is 51.1 Å². The summed E-state index contributed by atoms with van der Waals surface area (Å²) in [6.45, 7) is 4.82. The number of aliphatic hydroxyl groups is 1. The molecule has 0 aromatic heterocycles. The van der Waals surface area contributed by atoms with E-state index in [0.717, 1.165) is 65.5 Å². The molecule has 6 nitrogen and oxygen atoms in total. The summed E-state index contributed by atoms with van der Waals surface area (Å²) in [6.07, 6.45) is 5.02. The average molecular weight is 556 g/mol. The van der Waals surface area contributed by atoms with Crippen molar-refractivity contribution in [3.63, 3.8) is 0 Å². The first-order valence-corrected chi connectivity index (χ1v) is 14.0. The van der Waals surface area contributed by atoms with Gasteiger partial charge in [-0.3, -0.25) is 4.90 Å². The van der Waals surface area contributed by atoms with Gasteiger partial charge in [0.15, 0.2) is 0 Å². The van der Waals surface area contributed by atoms with E-state index in [9.17, 15) is 5.11 Å². The Morgan fingerprint density at radius 1 is 1.22 bits per heavy atom. The molecule has 7 heteroatoms. The Bertz CT molecular complexity index is 1150. The third-order valence-electron chi connectivity index (χ3n) is 8.76. The van der Waals surface area contributed by atoms with Gasteiger partial charge in [-0.05, 0) is 70.6 Å². The molecule has 2 aromatic carbocycles. The molecule has 4 aliphatic rings. The minimum Gasteiger partial charge on any atom is -0.495 e. The lowest BCUT2D eigenvalue weighted by Gasteiger charge is -2.45. The number of halogens is 1. The third-order valence-corrected chi connectivity index (χ3v) is 9.51. The Morgan fingerprint density at radius 3 is 2.75 bits per heavy atom. The summed E-state index contributed by atoms with van der Waals surface area (Å²) in [7, 11) is 1.71. The molecule has 192 valence electrons. The van der Waals surface area contributed by atoms with Crippen molar-refractivity contribution in [3.8, 4) is 11.5 Å². The van der Waals surface area contributed by atoms with Gasteiger partial charge in [0.1, 0.15) is 28.7 Å². The van der Waals surface area contributed by atoms with Crippen molar-refractivity contribution < 1.29 is 19.4 Å². The van der Waals surface area contributed by atoms with E-state index < -0.39 is 0 Å². The van der Waals surface area contributed by atoms with E-state index in [4.69, 9.17) is 14.3 Å². The van der Waals surface area contributed by atoms with Gasteiger partial charge in [0, 0.05) is 36.5 Å². The van der Waals surface area contributed by atoms with Gasteiger partial charge in [0.25, 0.3) is 0 Å². The van der Waals surface area contributed by atoms with Crippen LogP contribution < -0.4 is 9.47 Å². The third kappa shape index (κ3) is 4.13. The predicted octanol–water partition coefficient (Wildman–Crippen LogP) is 5.44. The summed E-state index contributed by atoms with van der Waals surface area (Å²) in [4.78, 5) is 8.31. The molecule has 0 unspecified atom stereocenters. The second-order valence-corrected chi connectivity index (χ2v) is 11.8. The highest BCUT2D eigenvalue weighted by atomic mass is 79.9. The Morgan fingerprint density at radius 2 is 2.03 bits per heavy atom. The number of oxime groups is 1. The van der Waals surface area contributed by atoms with Crippen molar-refractivity contribution in [3.05, 3.63) is 57.6 Å². The van der Waals surface area contributed by atoms with Crippen molar-refractivity contribution in [1.82, 2.24) is 4.90 Å². The highest BCUT2D eigenvalue weighted by Gasteiger charge is 2.59. The molecule has 0 amide bonds. The molecule has 0 radical (unpaired) electrons. The number of ether oxygens (including phenoxy) is 2. The monoisotopic (exact) mass is 554 g/mol. The van der Waals surface area contributed by atoms with E-state index in [1.165, 1.54) is 24.0 Å². The Balaban J connectivity index is 1.35. The van der Waals surface area contributed by atoms with Crippen LogP contribution in [0.25, 0.3) is 0 Å². The van der Waals surface area contributed by atoms with Gasteiger partial charge in [0.05, 0.1) is 19.4 Å². The van der Waals surface area contributed by atoms with Crippen molar-refractivity contribution in [2.45, 2.75) is 69.7 Å². The van der Waals surface area contributed by atoms with Gasteiger partial charge in [-0.15, -0.1) is 0 Å². The highest BCUT2D eigenvalue weighted by Crippen LogP contribution is 2.61. The van der Waals surface area contributed by atoms with E-state index in [1.807, 2.05) is 18.2 Å². The van der Waals surface area contributed by atoms with Crippen LogP contribution in [0.3, 0.4) is 0 Å². The average Bonchev–Trinajstić information content (AvgIpc) is 3.65. The molecule has 2 aromatic rings. The summed E-state index contributed by atoms with van der Waals surface area (Å²) >= 11 is 3.80. The van der Waals surface area contributed by atoms with E-state index in [1.54, 1.807) is 7.11 Å². The molecule has 0 saturated heterocycles. The van der Waals surface area contributed by atoms with Gasteiger partial charge in [-0.25, -0.2) is 0 Å². The summed E-state index contributed by atoms with van der Waals surface area (Å²) in [5, 5.41) is 15.2. The maximum absolute atomic E-state index is 10.6. The largest absolute Gasteiger partial charge is 0.495 e. The van der Waals surface area contributed by atoms with Crippen LogP contribution in [-0.2, 0) is 23.4 Å². The fourth-order valence-corrected chi connectivity index (χ4v) is 7.33. The smallest absolute Gasteiger partial charge is 0.142 e. The molecule has 2 fully saturated rings. The fourth-order valence-electron chi connectivity index (χ4n) is 6.76. The Kier molecular flexibility index (Phi) is 6.51. The molecule has 0 bridgehead atoms. The lowest BCUT2D eigenvalue weighted by Crippen LogP contribution is -2.52. The maximum atomic E-state index is 10.6. The van der Waals surface area contributed by atoms with Gasteiger partial charge < -0.3 is 19.4 Å². The van der Waals surface area contributed by atoms with Gasteiger partial charge in [-0.1, -0.05) is 42.4 Å². The molecule has 1 N–H and O–H groups in total. The normalized spacial score (nSPS) is 30.3. The van der Waals surface area contributed by atoms with Gasteiger partial charge >= 0.3 is 0 Å². The predicted molar refractivity (Wildman–Crippen MR) is 142 cm³/mol. The van der Waals surface area contributed by atoms with Crippen LogP contribution in [0, 0.1) is 11.8 Å². The molecule has 4 atom stereocenters. The van der Waals surface area contributed by atoms with E-state index in [-0.39, 0.29) is 24.2 Å². The quantitative estimate of drug-likeness (QED) is 0.462. The zero-order chi connectivity index (χ0) is 24.9. The molecular formula is C29H35BrN2O4. The van der Waals surface area contributed by atoms with Crippen LogP contribution in [0.15, 0.2) is 46.0 Å². The minimum absolute atomic E-state index is 0.0487. The molecule has 2 aliphatic carbocycles. The Labute approximate surface area is 221 Å². The second kappa shape index (κ2) is 9.66. The van der Waals surface area contributed by atoms with E-state index in [0.29, 0.717) is 12.5 Å². The molecule has 2 saturated carbocycles. The number of benzene rings is 2. The molecule has 36 heavy (non-hydrogen) atoms. The first-order valence-electron chi connectivity index (χ1n) is 13.2. The van der Waals surface area contributed by atoms with Crippen molar-refractivity contribution in [2.75, 3.05) is 20.3 Å². The van der Waals surface area contributed by atoms with Crippen molar-refractivity contribution >= 4 is 21.6 Å². The number of nitrogens with zero attached hydrogens (tertiary/aromatic N) is 2. The van der Waals surface area contributed by atoms with Crippen LogP contribution in [0.4, 0.5) is 0 Å². The lowest BCUT2D eigenvalue weighted by molar-refractivity contribution is 0.0380. The number of methoxy groups -OCH3 is 1. The van der Waals surface area contributed by atoms with Crippen molar-refractivity contribution in [1.29, 1.82) is 0 Å². The van der Waals surface area contributed by atoms with Crippen LogP contribution >= 0.6 is 15.9 Å². The Hall–Kier alpha value is -2.09. The zero-order valence-corrected chi connectivity index (χ0v) is 22.7. The molecule has 1 spiro atoms. The van der Waals surface area contributed by atoms with Crippen molar-refractivity contribution in [2.24, 2.45) is 17.0 Å². The molecule has 6 rings (SSSR count). The second-order valence-electron chi connectivity index (χ2n) is 11.0. The van der Waals surface area contributed by atoms with Crippen LogP contribution in [-0.4, -0.2) is 48.1 Å². The number of hydrogen-bond donors (Lipinski definition) is 1. The SMILES string of the molecule is COc1cc2c3c(c1Br)O[C@@H]1CC(=NOCc4ccccc4)C[C@@H](C)[C@]31C[C@@H](CO)N(CC1CC1)C2. The molecule has 2 heterocycles. The topological polar surface area (TPSA) is 63.5 Å². The summed E-state index contributed by atoms with van der Waals surface area (Å²) < 4.78 is 13.4. The van der Waals surface area contributed by atoms with Gasteiger partial charge in [-0.2, -0.15) is 0 Å². The summed E-state index contributed by atoms with van der Waals surface area (Å²) in [6, 6.07) is 12.4. The maximum Gasteiger partial charge on any atom is 0.142 e. The standard InChI is InChI=1S/C29H35BrN2O4/c1-18-10-22(31-35-17-20-6-4-3-5-7-20)12-25-29(18)13-23(16-33)32(14-19-8-9-19)15-21-11-24(34-2)27(30)28(36-25)26(21)29/h3-7,11,18-19,23,25,33H,8-10,12-17H2,1-2H3/t18-,23+,25-,29+/m1/s1. The lowest BCUT2D eigenvalue weighted by atomic mass is 9.59. The summed E-state index contributed by atoms with van der Waals surface area (Å²) in [5.41, 5.74) is 4.57.